The number of nitrogens with zero attached hydrogens (tertiary/aromatic N) is 4. The van der Waals surface area contributed by atoms with Crippen molar-refractivity contribution in [2.45, 2.75) is 77.9 Å². The molecule has 0 saturated carbocycles. The number of fused-ring (bicyclic) bond motifs is 8. The minimum Gasteiger partial charge on any atom is -0.490 e. The van der Waals surface area contributed by atoms with Gasteiger partial charge in [-0.3, -0.25) is 4.79 Å². The van der Waals surface area contributed by atoms with Gasteiger partial charge in [-0.05, 0) is 89.1 Å². The largest absolute Gasteiger partial charge is 0.490 e. The normalized spacial score (nSPS) is 21.0. The number of benzene rings is 2. The van der Waals surface area contributed by atoms with E-state index in [9.17, 15) is 9.90 Å². The van der Waals surface area contributed by atoms with Crippen molar-refractivity contribution in [3.05, 3.63) is 64.3 Å². The first-order chi connectivity index (χ1) is 20.6. The number of carboxylic acid groups (broad SMARTS) is 1. The summed E-state index contributed by atoms with van der Waals surface area (Å²) in [5, 5.41) is 15.5. The highest BCUT2D eigenvalue weighted by Gasteiger charge is 2.33. The second-order valence-corrected chi connectivity index (χ2v) is 12.7. The lowest BCUT2D eigenvalue weighted by atomic mass is 9.92. The monoisotopic (exact) mass is 602 g/mol. The number of ether oxygens (including phenoxy) is 2. The molecule has 1 N–H and O–H groups in total. The molecule has 4 aromatic rings. The summed E-state index contributed by atoms with van der Waals surface area (Å²) in [6.45, 7) is 10.4. The predicted octanol–water partition coefficient (Wildman–Crippen LogP) is 7.29. The Morgan fingerprint density at radius 3 is 2.65 bits per heavy atom. The minimum atomic E-state index is -0.888. The molecule has 1 fully saturated rings. The molecule has 6 bridgehead atoms. The highest BCUT2D eigenvalue weighted by molar-refractivity contribution is 6.31. The first kappa shape index (κ1) is 29.5. The van der Waals surface area contributed by atoms with Gasteiger partial charge in [0.1, 0.15) is 11.6 Å². The van der Waals surface area contributed by atoms with Crippen LogP contribution in [0.15, 0.2) is 42.5 Å². The molecule has 7 rings (SSSR count). The number of aromatic nitrogens is 3. The molecule has 2 aromatic heterocycles. The van der Waals surface area contributed by atoms with Crippen LogP contribution in [0.3, 0.4) is 0 Å². The van der Waals surface area contributed by atoms with Gasteiger partial charge in [-0.15, -0.1) is 0 Å². The molecule has 1 saturated heterocycles. The van der Waals surface area contributed by atoms with E-state index in [0.29, 0.717) is 28.5 Å². The van der Waals surface area contributed by atoms with Crippen molar-refractivity contribution in [1.29, 1.82) is 0 Å². The van der Waals surface area contributed by atoms with E-state index in [1.54, 1.807) is 0 Å². The number of anilines is 1. The predicted molar refractivity (Wildman–Crippen MR) is 169 cm³/mol. The molecule has 0 radical (unpaired) electrons. The smallest absolute Gasteiger partial charge is 0.308 e. The Hall–Kier alpha value is -3.62. The van der Waals surface area contributed by atoms with E-state index < -0.39 is 5.97 Å². The molecule has 8 nitrogen and oxygen atoms in total. The minimum absolute atomic E-state index is 0.0399. The van der Waals surface area contributed by atoms with Crippen LogP contribution in [-0.4, -0.2) is 57.1 Å². The van der Waals surface area contributed by atoms with Crippen molar-refractivity contribution in [3.63, 3.8) is 0 Å². The third-order valence-corrected chi connectivity index (χ3v) is 9.25. The summed E-state index contributed by atoms with van der Waals surface area (Å²) in [6.07, 6.45) is 4.51. The van der Waals surface area contributed by atoms with Crippen LogP contribution in [0.5, 0.6) is 5.75 Å². The van der Waals surface area contributed by atoms with Gasteiger partial charge < -0.3 is 19.5 Å². The fraction of sp³-hybridized carbons (Fsp3) is 0.441. The van der Waals surface area contributed by atoms with Crippen molar-refractivity contribution in [1.82, 2.24) is 14.6 Å². The van der Waals surface area contributed by atoms with Gasteiger partial charge in [-0.1, -0.05) is 29.8 Å². The summed E-state index contributed by atoms with van der Waals surface area (Å²) in [5.41, 5.74) is 6.43. The number of aliphatic carboxylic acids is 1. The van der Waals surface area contributed by atoms with Crippen molar-refractivity contribution in [2.24, 2.45) is 0 Å². The Kier molecular flexibility index (Phi) is 8.09. The molecular weight excluding hydrogens is 564 g/mol. The molecule has 0 aliphatic carbocycles. The quantitative estimate of drug-likeness (QED) is 0.258. The highest BCUT2D eigenvalue weighted by Crippen LogP contribution is 2.38. The Morgan fingerprint density at radius 2 is 1.88 bits per heavy atom. The average molecular weight is 603 g/mol. The maximum absolute atomic E-state index is 11.9. The van der Waals surface area contributed by atoms with Gasteiger partial charge in [0.05, 0.1) is 23.8 Å². The van der Waals surface area contributed by atoms with E-state index in [-0.39, 0.29) is 18.1 Å². The van der Waals surface area contributed by atoms with Crippen molar-refractivity contribution >= 4 is 29.0 Å². The van der Waals surface area contributed by atoms with Crippen LogP contribution in [0.2, 0.25) is 5.02 Å². The molecule has 43 heavy (non-hydrogen) atoms. The van der Waals surface area contributed by atoms with Gasteiger partial charge in [-0.25, -0.2) is 4.98 Å². The maximum atomic E-state index is 11.9. The number of aryl methyl sites for hydroxylation is 2. The number of rotatable bonds is 2. The first-order valence-electron chi connectivity index (χ1n) is 15.2. The van der Waals surface area contributed by atoms with E-state index in [4.69, 9.17) is 31.2 Å². The summed E-state index contributed by atoms with van der Waals surface area (Å²) >= 11 is 6.62. The van der Waals surface area contributed by atoms with Crippen molar-refractivity contribution < 1.29 is 19.4 Å². The summed E-state index contributed by atoms with van der Waals surface area (Å²) in [6, 6.07) is 14.2. The zero-order valence-corrected chi connectivity index (χ0v) is 26.1. The third kappa shape index (κ3) is 6.08. The van der Waals surface area contributed by atoms with Gasteiger partial charge in [0.15, 0.2) is 5.65 Å². The molecule has 3 aliphatic heterocycles. The summed E-state index contributed by atoms with van der Waals surface area (Å²) in [7, 11) is 0. The van der Waals surface area contributed by atoms with E-state index in [0.717, 1.165) is 84.7 Å². The Bertz CT molecular complexity index is 1670. The van der Waals surface area contributed by atoms with Crippen LogP contribution < -0.4 is 9.64 Å². The fourth-order valence-electron chi connectivity index (χ4n) is 6.25. The van der Waals surface area contributed by atoms with E-state index >= 15 is 0 Å². The van der Waals surface area contributed by atoms with Crippen LogP contribution in [-0.2, 0) is 16.0 Å². The van der Waals surface area contributed by atoms with Crippen LogP contribution >= 0.6 is 11.6 Å². The Labute approximate surface area is 257 Å². The summed E-state index contributed by atoms with van der Waals surface area (Å²) in [4.78, 5) is 19.0. The van der Waals surface area contributed by atoms with Crippen molar-refractivity contribution in [3.8, 4) is 28.1 Å². The van der Waals surface area contributed by atoms with Crippen molar-refractivity contribution in [2.75, 3.05) is 24.6 Å². The third-order valence-electron chi connectivity index (χ3n) is 8.84. The van der Waals surface area contributed by atoms with Gasteiger partial charge in [0.2, 0.25) is 0 Å². The molecule has 0 spiro atoms. The van der Waals surface area contributed by atoms with E-state index in [1.165, 1.54) is 0 Å². The molecule has 1 unspecified atom stereocenters. The number of piperidine rings is 1. The SMILES string of the molecule is Cc1cc2c(cc1Cl)-c1cccc(c1)-c1cc3nc(C)c(CC(=O)O)c(n3n1)N1CCC(C)(CC1)OCCCCC(C)O2. The molecule has 226 valence electrons. The van der Waals surface area contributed by atoms with Crippen LogP contribution in [0.4, 0.5) is 5.82 Å². The standard InChI is InChI=1S/C34H39ClN4O4/c1-21-16-30-27(18-28(21)35)24-9-7-10-25(17-24)29-20-31-36-23(3)26(19-32(40)41)33(39(31)37-29)38-13-11-34(4,12-14-38)42-15-6-5-8-22(2)43-30/h7,9-10,16-18,20,22H,5-6,8,11-15,19H2,1-4H3,(H,40,41). The number of hydrogen-bond donors (Lipinski definition) is 1. The summed E-state index contributed by atoms with van der Waals surface area (Å²) < 4.78 is 14.8. The number of carbonyl (C=O) groups is 1. The van der Waals surface area contributed by atoms with Gasteiger partial charge in [0, 0.05) is 53.2 Å². The molecule has 3 aliphatic rings. The lowest BCUT2D eigenvalue weighted by molar-refractivity contribution is -0.136. The molecule has 1 atom stereocenters. The van der Waals surface area contributed by atoms with Gasteiger partial charge >= 0.3 is 5.97 Å². The second-order valence-electron chi connectivity index (χ2n) is 12.3. The van der Waals surface area contributed by atoms with Gasteiger partial charge in [0.25, 0.3) is 0 Å². The lowest BCUT2D eigenvalue weighted by Gasteiger charge is -2.41. The molecule has 0 amide bonds. The second kappa shape index (κ2) is 11.8. The lowest BCUT2D eigenvalue weighted by Crippen LogP contribution is -2.45. The maximum Gasteiger partial charge on any atom is 0.308 e. The number of hydrogen-bond acceptors (Lipinski definition) is 6. The van der Waals surface area contributed by atoms with Crippen LogP contribution in [0.1, 0.15) is 62.8 Å². The Balaban J connectivity index is 1.50. The van der Waals surface area contributed by atoms with E-state index in [1.807, 2.05) is 48.7 Å². The fourth-order valence-corrected chi connectivity index (χ4v) is 6.41. The first-order valence-corrected chi connectivity index (χ1v) is 15.6. The zero-order valence-electron chi connectivity index (χ0n) is 25.3. The summed E-state index contributed by atoms with van der Waals surface area (Å²) in [5.74, 6) is 0.725. The average Bonchev–Trinajstić information content (AvgIpc) is 3.39. The molecule has 5 heterocycles. The highest BCUT2D eigenvalue weighted by atomic mass is 35.5. The van der Waals surface area contributed by atoms with Crippen LogP contribution in [0.25, 0.3) is 28.0 Å². The molecular formula is C34H39ClN4O4. The van der Waals surface area contributed by atoms with E-state index in [2.05, 4.69) is 30.9 Å². The topological polar surface area (TPSA) is 89.2 Å². The number of halogens is 1. The van der Waals surface area contributed by atoms with Crippen LogP contribution in [0, 0.1) is 13.8 Å². The van der Waals surface area contributed by atoms with Gasteiger partial charge in [-0.2, -0.15) is 9.61 Å². The molecule has 9 heteroatoms. The zero-order chi connectivity index (χ0) is 30.3. The molecule has 2 aromatic carbocycles. The number of carboxylic acids is 1. The Morgan fingerprint density at radius 1 is 1.12 bits per heavy atom.